The molecule has 14 heavy (non-hydrogen) atoms. The molecule has 0 bridgehead atoms. The molecule has 1 aromatic heterocycles. The summed E-state index contributed by atoms with van der Waals surface area (Å²) in [6.45, 7) is 0.561. The Labute approximate surface area is 86.2 Å². The number of aromatic nitrogens is 1. The van der Waals surface area contributed by atoms with E-state index in [-0.39, 0.29) is 18.6 Å². The summed E-state index contributed by atoms with van der Waals surface area (Å²) in [7, 11) is 0. The van der Waals surface area contributed by atoms with Crippen LogP contribution in [-0.2, 0) is 9.53 Å². The predicted octanol–water partition coefficient (Wildman–Crippen LogP) is 0.922. The molecule has 2 rings (SSSR count). The lowest BCUT2D eigenvalue weighted by atomic mass is 10.1. The third kappa shape index (κ3) is 1.86. The number of pyridine rings is 1. The number of carbonyl (C=O) groups excluding carboxylic acids is 1. The van der Waals surface area contributed by atoms with Gasteiger partial charge in [-0.25, -0.2) is 4.98 Å². The molecule has 0 saturated carbocycles. The quantitative estimate of drug-likeness (QED) is 0.705. The Morgan fingerprint density at radius 2 is 2.50 bits per heavy atom. The summed E-state index contributed by atoms with van der Waals surface area (Å²) in [5, 5.41) is 3.19. The van der Waals surface area contributed by atoms with E-state index in [0.717, 1.165) is 5.56 Å². The van der Waals surface area contributed by atoms with Crippen LogP contribution in [0.1, 0.15) is 11.6 Å². The molecule has 0 radical (unpaired) electrons. The number of hydrogen-bond acceptors (Lipinski definition) is 3. The van der Waals surface area contributed by atoms with Gasteiger partial charge in [-0.15, -0.1) is 0 Å². The molecule has 74 valence electrons. The maximum absolute atomic E-state index is 11.1. The topological polar surface area (TPSA) is 51.2 Å². The fourth-order valence-corrected chi connectivity index (χ4v) is 1.62. The minimum atomic E-state index is -0.183. The number of carbonyl (C=O) groups is 1. The smallest absolute Gasteiger partial charge is 0.246 e. The molecule has 0 aromatic carbocycles. The van der Waals surface area contributed by atoms with Crippen molar-refractivity contribution in [1.29, 1.82) is 0 Å². The van der Waals surface area contributed by atoms with Gasteiger partial charge in [0.25, 0.3) is 0 Å². The van der Waals surface area contributed by atoms with Crippen molar-refractivity contribution in [2.24, 2.45) is 0 Å². The molecule has 0 unspecified atom stereocenters. The summed E-state index contributed by atoms with van der Waals surface area (Å²) < 4.78 is 5.11. The van der Waals surface area contributed by atoms with Gasteiger partial charge < -0.3 is 10.1 Å². The first-order valence-electron chi connectivity index (χ1n) is 4.25. The van der Waals surface area contributed by atoms with Gasteiger partial charge in [-0.05, 0) is 6.07 Å². The van der Waals surface area contributed by atoms with Crippen molar-refractivity contribution in [3.05, 3.63) is 29.0 Å². The number of halogens is 1. The van der Waals surface area contributed by atoms with Gasteiger partial charge in [0.05, 0.1) is 12.6 Å². The molecule has 1 fully saturated rings. The number of ether oxygens (including phenoxy) is 1. The van der Waals surface area contributed by atoms with Crippen LogP contribution >= 0.6 is 11.6 Å². The zero-order valence-corrected chi connectivity index (χ0v) is 8.12. The zero-order valence-electron chi connectivity index (χ0n) is 7.37. The van der Waals surface area contributed by atoms with Crippen LogP contribution in [-0.4, -0.2) is 24.1 Å². The van der Waals surface area contributed by atoms with Gasteiger partial charge in [0.2, 0.25) is 5.91 Å². The van der Waals surface area contributed by atoms with E-state index >= 15 is 0 Å². The molecule has 0 aliphatic carbocycles. The second-order valence-corrected chi connectivity index (χ2v) is 3.38. The number of amides is 1. The highest BCUT2D eigenvalue weighted by molar-refractivity contribution is 6.30. The first kappa shape index (κ1) is 9.43. The minimum absolute atomic E-state index is 0.119. The Hall–Kier alpha value is -1.13. The first-order valence-corrected chi connectivity index (χ1v) is 4.62. The van der Waals surface area contributed by atoms with Gasteiger partial charge in [0.15, 0.2) is 0 Å². The average Bonchev–Trinajstić information content (AvgIpc) is 2.18. The first-order chi connectivity index (χ1) is 6.77. The maximum Gasteiger partial charge on any atom is 0.246 e. The molecule has 0 spiro atoms. The van der Waals surface area contributed by atoms with Crippen molar-refractivity contribution in [2.75, 3.05) is 13.2 Å². The van der Waals surface area contributed by atoms with E-state index in [1.807, 2.05) is 6.07 Å². The van der Waals surface area contributed by atoms with Crippen LogP contribution in [0, 0.1) is 0 Å². The lowest BCUT2D eigenvalue weighted by Crippen LogP contribution is -2.39. The van der Waals surface area contributed by atoms with Crippen LogP contribution in [0.2, 0.25) is 5.15 Å². The van der Waals surface area contributed by atoms with Crippen molar-refractivity contribution in [2.45, 2.75) is 6.04 Å². The standard InChI is InChI=1S/C9H9ClN2O2/c10-9-6(2-1-3-11-9)7-4-14-5-8(13)12-7/h1-3,7H,4-5H2,(H,12,13)/t7-/m1/s1. The molecule has 1 aromatic rings. The lowest BCUT2D eigenvalue weighted by Gasteiger charge is -2.23. The number of hydrogen-bond donors (Lipinski definition) is 1. The van der Waals surface area contributed by atoms with E-state index in [1.54, 1.807) is 12.3 Å². The fraction of sp³-hybridized carbons (Fsp3) is 0.333. The van der Waals surface area contributed by atoms with Crippen molar-refractivity contribution in [3.8, 4) is 0 Å². The van der Waals surface area contributed by atoms with Crippen molar-refractivity contribution >= 4 is 17.5 Å². The summed E-state index contributed by atoms with van der Waals surface area (Å²) in [5.41, 5.74) is 0.794. The monoisotopic (exact) mass is 212 g/mol. The van der Waals surface area contributed by atoms with Crippen molar-refractivity contribution in [3.63, 3.8) is 0 Å². The van der Waals surface area contributed by atoms with E-state index in [4.69, 9.17) is 16.3 Å². The summed E-state index contributed by atoms with van der Waals surface area (Å²) in [6.07, 6.45) is 1.61. The third-order valence-corrected chi connectivity index (χ3v) is 2.33. The van der Waals surface area contributed by atoms with Crippen LogP contribution in [0.25, 0.3) is 0 Å². The maximum atomic E-state index is 11.1. The number of nitrogens with one attached hydrogen (secondary N) is 1. The second kappa shape index (κ2) is 3.94. The molecule has 2 heterocycles. The van der Waals surface area contributed by atoms with E-state index in [0.29, 0.717) is 11.8 Å². The third-order valence-electron chi connectivity index (χ3n) is 2.02. The highest BCUT2D eigenvalue weighted by atomic mass is 35.5. The summed E-state index contributed by atoms with van der Waals surface area (Å²) in [5.74, 6) is -0.124. The lowest BCUT2D eigenvalue weighted by molar-refractivity contribution is -0.131. The van der Waals surface area contributed by atoms with Gasteiger partial charge >= 0.3 is 0 Å². The molecule has 1 amide bonds. The Morgan fingerprint density at radius 3 is 3.21 bits per heavy atom. The molecule has 5 heteroatoms. The molecule has 4 nitrogen and oxygen atoms in total. The van der Waals surface area contributed by atoms with Crippen LogP contribution < -0.4 is 5.32 Å². The Balaban J connectivity index is 2.22. The van der Waals surface area contributed by atoms with E-state index in [9.17, 15) is 4.79 Å². The van der Waals surface area contributed by atoms with Gasteiger partial charge in [0.1, 0.15) is 11.8 Å². The minimum Gasteiger partial charge on any atom is -0.369 e. The van der Waals surface area contributed by atoms with Crippen LogP contribution in [0.3, 0.4) is 0 Å². The zero-order chi connectivity index (χ0) is 9.97. The van der Waals surface area contributed by atoms with Gasteiger partial charge in [-0.1, -0.05) is 17.7 Å². The number of morpholine rings is 1. The normalized spacial score (nSPS) is 21.8. The Morgan fingerprint density at radius 1 is 1.64 bits per heavy atom. The van der Waals surface area contributed by atoms with Gasteiger partial charge in [-0.2, -0.15) is 0 Å². The number of rotatable bonds is 1. The fourth-order valence-electron chi connectivity index (χ4n) is 1.37. The van der Waals surface area contributed by atoms with Gasteiger partial charge in [0, 0.05) is 11.8 Å². The predicted molar refractivity (Wildman–Crippen MR) is 50.9 cm³/mol. The molecule has 1 N–H and O–H groups in total. The largest absolute Gasteiger partial charge is 0.369 e. The van der Waals surface area contributed by atoms with Crippen LogP contribution in [0.15, 0.2) is 18.3 Å². The molecular formula is C9H9ClN2O2. The molecule has 1 saturated heterocycles. The summed E-state index contributed by atoms with van der Waals surface area (Å²) >= 11 is 5.89. The molecule has 1 atom stereocenters. The molecule has 1 aliphatic rings. The van der Waals surface area contributed by atoms with Gasteiger partial charge in [-0.3, -0.25) is 4.79 Å². The summed E-state index contributed by atoms with van der Waals surface area (Å²) in [6, 6.07) is 3.43. The van der Waals surface area contributed by atoms with E-state index in [2.05, 4.69) is 10.3 Å². The van der Waals surface area contributed by atoms with Crippen LogP contribution in [0.5, 0.6) is 0 Å². The van der Waals surface area contributed by atoms with E-state index in [1.165, 1.54) is 0 Å². The summed E-state index contributed by atoms with van der Waals surface area (Å²) in [4.78, 5) is 15.0. The van der Waals surface area contributed by atoms with Crippen molar-refractivity contribution < 1.29 is 9.53 Å². The highest BCUT2D eigenvalue weighted by Crippen LogP contribution is 2.21. The second-order valence-electron chi connectivity index (χ2n) is 3.02. The SMILES string of the molecule is O=C1COC[C@H](c2cccnc2Cl)N1. The number of nitrogens with zero attached hydrogens (tertiary/aromatic N) is 1. The molecular weight excluding hydrogens is 204 g/mol. The van der Waals surface area contributed by atoms with Crippen LogP contribution in [0.4, 0.5) is 0 Å². The van der Waals surface area contributed by atoms with E-state index < -0.39 is 0 Å². The Bertz CT molecular complexity index is 356. The average molecular weight is 213 g/mol. The molecule has 1 aliphatic heterocycles. The van der Waals surface area contributed by atoms with Crippen molar-refractivity contribution in [1.82, 2.24) is 10.3 Å². The highest BCUT2D eigenvalue weighted by Gasteiger charge is 2.22. The Kier molecular flexibility index (Phi) is 2.65.